The summed E-state index contributed by atoms with van der Waals surface area (Å²) in [5.74, 6) is 0.145. The van der Waals surface area contributed by atoms with E-state index in [2.05, 4.69) is 30.0 Å². The number of halogens is 2. The van der Waals surface area contributed by atoms with E-state index < -0.39 is 12.0 Å². The number of alkyl halides is 1. The van der Waals surface area contributed by atoms with Crippen molar-refractivity contribution in [3.8, 4) is 17.3 Å². The molecule has 6 heterocycles. The molecule has 198 valence electrons. The smallest absolute Gasteiger partial charge is 0.319 e. The van der Waals surface area contributed by atoms with Gasteiger partial charge in [-0.1, -0.05) is 6.07 Å². The van der Waals surface area contributed by atoms with Crippen molar-refractivity contribution >= 4 is 27.6 Å². The zero-order valence-corrected chi connectivity index (χ0v) is 21.5. The van der Waals surface area contributed by atoms with E-state index in [0.29, 0.717) is 36.3 Å². The lowest BCUT2D eigenvalue weighted by atomic mass is 9.95. The van der Waals surface area contributed by atoms with Crippen molar-refractivity contribution in [1.29, 1.82) is 0 Å². The molecule has 0 amide bonds. The van der Waals surface area contributed by atoms with Crippen LogP contribution in [0.25, 0.3) is 33.1 Å². The number of rotatable bonds is 5. The summed E-state index contributed by atoms with van der Waals surface area (Å²) in [7, 11) is 0. The number of benzene rings is 1. The molecule has 3 fully saturated rings. The van der Waals surface area contributed by atoms with Crippen LogP contribution in [0.15, 0.2) is 24.5 Å². The highest BCUT2D eigenvalue weighted by Crippen LogP contribution is 2.41. The molecule has 0 saturated carbocycles. The maximum atomic E-state index is 16.4. The Morgan fingerprint density at radius 3 is 2.82 bits per heavy atom. The molecule has 2 atom stereocenters. The van der Waals surface area contributed by atoms with Crippen LogP contribution in [0.3, 0.4) is 0 Å². The molecule has 3 aromatic heterocycles. The first-order valence-electron chi connectivity index (χ1n) is 13.6. The van der Waals surface area contributed by atoms with Crippen molar-refractivity contribution in [2.24, 2.45) is 0 Å². The van der Waals surface area contributed by atoms with Crippen LogP contribution in [-0.4, -0.2) is 74.5 Å². The number of aromatic amines is 1. The Morgan fingerprint density at radius 1 is 1.08 bits per heavy atom. The van der Waals surface area contributed by atoms with Gasteiger partial charge in [-0.15, -0.1) is 0 Å². The second-order valence-electron chi connectivity index (χ2n) is 11.0. The van der Waals surface area contributed by atoms with Crippen molar-refractivity contribution < 1.29 is 13.5 Å². The van der Waals surface area contributed by atoms with Gasteiger partial charge in [-0.3, -0.25) is 15.0 Å². The molecule has 1 N–H and O–H groups in total. The van der Waals surface area contributed by atoms with Gasteiger partial charge in [-0.2, -0.15) is 15.1 Å². The average molecular weight is 520 g/mol. The molecule has 7 rings (SSSR count). The average Bonchev–Trinajstić information content (AvgIpc) is 3.63. The Labute approximate surface area is 219 Å². The zero-order valence-electron chi connectivity index (χ0n) is 21.5. The standard InChI is InChI=1S/C28H31F2N7O/c1-17-6-7-21-19(14-32-35-21)22(17)25-23(30)24-20(13-31-25)26(36-9-3-2-4-10-36)34-27(33-24)38-16-28-8-5-11-37(28)15-18(29)12-28/h6-7,13-14,18H,2-5,8-12,15-16H2,1H3,(H,32,35)/t18-,28+/m1/s1. The minimum absolute atomic E-state index is 0.135. The Hall–Kier alpha value is -3.40. The number of nitrogens with zero attached hydrogens (tertiary/aromatic N) is 6. The highest BCUT2D eigenvalue weighted by Gasteiger charge is 2.49. The van der Waals surface area contributed by atoms with Crippen LogP contribution >= 0.6 is 0 Å². The maximum absolute atomic E-state index is 16.4. The minimum atomic E-state index is -0.847. The van der Waals surface area contributed by atoms with Crippen LogP contribution in [-0.2, 0) is 0 Å². The molecule has 3 aliphatic rings. The number of fused-ring (bicyclic) bond motifs is 3. The molecule has 0 radical (unpaired) electrons. The van der Waals surface area contributed by atoms with Gasteiger partial charge in [0.05, 0.1) is 22.6 Å². The molecule has 1 aromatic carbocycles. The molecule has 0 bridgehead atoms. The number of ether oxygens (including phenoxy) is 1. The van der Waals surface area contributed by atoms with Gasteiger partial charge in [0, 0.05) is 43.2 Å². The molecular weight excluding hydrogens is 488 g/mol. The lowest BCUT2D eigenvalue weighted by Crippen LogP contribution is -2.43. The first kappa shape index (κ1) is 23.7. The second-order valence-corrected chi connectivity index (χ2v) is 11.0. The van der Waals surface area contributed by atoms with Crippen molar-refractivity contribution in [1.82, 2.24) is 30.0 Å². The minimum Gasteiger partial charge on any atom is -0.461 e. The fourth-order valence-electron chi connectivity index (χ4n) is 6.70. The number of hydrogen-bond acceptors (Lipinski definition) is 7. The highest BCUT2D eigenvalue weighted by molar-refractivity contribution is 5.98. The lowest BCUT2D eigenvalue weighted by molar-refractivity contribution is 0.107. The van der Waals surface area contributed by atoms with Gasteiger partial charge in [0.15, 0.2) is 5.82 Å². The summed E-state index contributed by atoms with van der Waals surface area (Å²) in [4.78, 5) is 18.3. The van der Waals surface area contributed by atoms with Gasteiger partial charge in [-0.05, 0) is 57.2 Å². The lowest BCUT2D eigenvalue weighted by Gasteiger charge is -2.31. The summed E-state index contributed by atoms with van der Waals surface area (Å²) in [6.07, 6.45) is 8.16. The van der Waals surface area contributed by atoms with Gasteiger partial charge < -0.3 is 9.64 Å². The van der Waals surface area contributed by atoms with Crippen LogP contribution in [0, 0.1) is 12.7 Å². The number of nitrogens with one attached hydrogen (secondary N) is 1. The zero-order chi connectivity index (χ0) is 25.9. The third-order valence-electron chi connectivity index (χ3n) is 8.60. The predicted octanol–water partition coefficient (Wildman–Crippen LogP) is 4.96. The monoisotopic (exact) mass is 519 g/mol. The number of hydrogen-bond donors (Lipinski definition) is 1. The molecule has 0 unspecified atom stereocenters. The molecule has 0 spiro atoms. The van der Waals surface area contributed by atoms with E-state index in [1.54, 1.807) is 12.4 Å². The van der Waals surface area contributed by atoms with Crippen LogP contribution in [0.5, 0.6) is 6.01 Å². The van der Waals surface area contributed by atoms with E-state index in [1.807, 2.05) is 19.1 Å². The van der Waals surface area contributed by atoms with Gasteiger partial charge in [-0.25, -0.2) is 8.78 Å². The summed E-state index contributed by atoms with van der Waals surface area (Å²) in [6.45, 7) is 5.24. The van der Waals surface area contributed by atoms with Gasteiger partial charge in [0.1, 0.15) is 29.8 Å². The van der Waals surface area contributed by atoms with Crippen LogP contribution < -0.4 is 9.64 Å². The molecule has 3 saturated heterocycles. The fraction of sp³-hybridized carbons (Fsp3) is 0.500. The molecule has 38 heavy (non-hydrogen) atoms. The van der Waals surface area contributed by atoms with E-state index in [-0.39, 0.29) is 22.8 Å². The molecule has 8 nitrogen and oxygen atoms in total. The number of aromatic nitrogens is 5. The van der Waals surface area contributed by atoms with E-state index in [1.165, 1.54) is 0 Å². The number of aryl methyl sites for hydroxylation is 1. The summed E-state index contributed by atoms with van der Waals surface area (Å²) >= 11 is 0. The quantitative estimate of drug-likeness (QED) is 0.399. The van der Waals surface area contributed by atoms with E-state index in [0.717, 1.165) is 68.2 Å². The van der Waals surface area contributed by atoms with Gasteiger partial charge in [0.25, 0.3) is 0 Å². The first-order valence-corrected chi connectivity index (χ1v) is 13.6. The summed E-state index contributed by atoms with van der Waals surface area (Å²) in [6, 6.07) is 4.00. The largest absolute Gasteiger partial charge is 0.461 e. The third kappa shape index (κ3) is 3.80. The van der Waals surface area contributed by atoms with E-state index >= 15 is 4.39 Å². The maximum Gasteiger partial charge on any atom is 0.319 e. The third-order valence-corrected chi connectivity index (χ3v) is 8.60. The van der Waals surface area contributed by atoms with E-state index in [9.17, 15) is 4.39 Å². The Balaban J connectivity index is 1.34. The summed E-state index contributed by atoms with van der Waals surface area (Å²) in [5, 5.41) is 8.48. The van der Waals surface area contributed by atoms with Gasteiger partial charge >= 0.3 is 6.01 Å². The van der Waals surface area contributed by atoms with Crippen LogP contribution in [0.4, 0.5) is 14.6 Å². The fourth-order valence-corrected chi connectivity index (χ4v) is 6.70. The summed E-state index contributed by atoms with van der Waals surface area (Å²) in [5.41, 5.74) is 2.49. The van der Waals surface area contributed by atoms with Crippen molar-refractivity contribution in [2.45, 2.75) is 57.2 Å². The second kappa shape index (κ2) is 9.11. The Kier molecular flexibility index (Phi) is 5.68. The SMILES string of the molecule is Cc1ccc2[nH]ncc2c1-c1ncc2c(N3CCCCC3)nc(OC[C@@]34CCCN3C[C@H](F)C4)nc2c1F. The number of pyridine rings is 1. The van der Waals surface area contributed by atoms with Crippen LogP contribution in [0.1, 0.15) is 44.1 Å². The van der Waals surface area contributed by atoms with Crippen molar-refractivity contribution in [3.63, 3.8) is 0 Å². The van der Waals surface area contributed by atoms with Gasteiger partial charge in [0.2, 0.25) is 0 Å². The highest BCUT2D eigenvalue weighted by atomic mass is 19.1. The first-order chi connectivity index (χ1) is 18.5. The Bertz CT molecular complexity index is 1520. The van der Waals surface area contributed by atoms with E-state index in [4.69, 9.17) is 9.72 Å². The van der Waals surface area contributed by atoms with Crippen molar-refractivity contribution in [3.05, 3.63) is 35.9 Å². The topological polar surface area (TPSA) is 83.1 Å². The van der Waals surface area contributed by atoms with Crippen molar-refractivity contribution in [2.75, 3.05) is 37.7 Å². The number of anilines is 1. The molecule has 4 aromatic rings. The van der Waals surface area contributed by atoms with Crippen LogP contribution in [0.2, 0.25) is 0 Å². The molecule has 0 aliphatic carbocycles. The predicted molar refractivity (Wildman–Crippen MR) is 142 cm³/mol. The molecular formula is C28H31F2N7O. The molecule has 10 heteroatoms. The number of H-pyrrole nitrogens is 1. The Morgan fingerprint density at radius 2 is 1.95 bits per heavy atom. The number of piperidine rings is 1. The summed E-state index contributed by atoms with van der Waals surface area (Å²) < 4.78 is 36.9. The normalized spacial score (nSPS) is 24.0. The molecule has 3 aliphatic heterocycles.